The summed E-state index contributed by atoms with van der Waals surface area (Å²) in [5.74, 6) is -3.36. The van der Waals surface area contributed by atoms with Gasteiger partial charge < -0.3 is 19.7 Å². The molecule has 4 aromatic rings. The van der Waals surface area contributed by atoms with Gasteiger partial charge in [-0.25, -0.2) is 18.6 Å². The summed E-state index contributed by atoms with van der Waals surface area (Å²) in [6.07, 6.45) is -4.63. The van der Waals surface area contributed by atoms with Crippen LogP contribution in [0, 0.1) is 18.6 Å². The molecular formula is C27H24F5N3O4. The van der Waals surface area contributed by atoms with Crippen molar-refractivity contribution in [2.45, 2.75) is 26.1 Å². The number of aromatic nitrogens is 2. The highest BCUT2D eigenvalue weighted by Crippen LogP contribution is 2.18. The van der Waals surface area contributed by atoms with E-state index in [2.05, 4.69) is 14.9 Å². The summed E-state index contributed by atoms with van der Waals surface area (Å²) in [4.78, 5) is 25.8. The lowest BCUT2D eigenvalue weighted by Crippen LogP contribution is -2.27. The first-order chi connectivity index (χ1) is 18.5. The first-order valence-electron chi connectivity index (χ1n) is 11.6. The van der Waals surface area contributed by atoms with Gasteiger partial charge in [0.25, 0.3) is 5.91 Å². The standard InChI is InChI=1S/C25H23F2N3O2.C2HF3O2/c1-17-6-9-19(10-7-17)32-15-14-30-23-5-3-2-4-22(23)29-24(30)12-13-28-25(31)20-11-8-18(26)16-21(20)27;3-2(4,5)1(6)7/h2-11,16H,12-15H2,1H3,(H,28,31);(H,6,7). The number of ether oxygens (including phenoxy) is 1. The van der Waals surface area contributed by atoms with Crippen LogP contribution >= 0.6 is 0 Å². The maximum Gasteiger partial charge on any atom is 0.490 e. The van der Waals surface area contributed by atoms with E-state index >= 15 is 0 Å². The summed E-state index contributed by atoms with van der Waals surface area (Å²) in [6, 6.07) is 18.6. The van der Waals surface area contributed by atoms with E-state index in [1.54, 1.807) is 0 Å². The molecule has 12 heteroatoms. The van der Waals surface area contributed by atoms with Gasteiger partial charge in [-0.3, -0.25) is 4.79 Å². The molecule has 0 radical (unpaired) electrons. The summed E-state index contributed by atoms with van der Waals surface area (Å²) < 4.78 is 66.6. The normalized spacial score (nSPS) is 11.0. The van der Waals surface area contributed by atoms with Crippen molar-refractivity contribution in [2.75, 3.05) is 13.2 Å². The number of imidazole rings is 1. The van der Waals surface area contributed by atoms with E-state index in [1.807, 2.05) is 55.5 Å². The highest BCUT2D eigenvalue weighted by atomic mass is 19.4. The van der Waals surface area contributed by atoms with E-state index in [0.29, 0.717) is 25.6 Å². The third kappa shape index (κ3) is 8.25. The van der Waals surface area contributed by atoms with Gasteiger partial charge in [-0.05, 0) is 43.3 Å². The maximum absolute atomic E-state index is 13.8. The molecule has 0 fully saturated rings. The molecule has 206 valence electrons. The van der Waals surface area contributed by atoms with Crippen molar-refractivity contribution in [3.63, 3.8) is 0 Å². The van der Waals surface area contributed by atoms with Gasteiger partial charge in [0.15, 0.2) is 0 Å². The van der Waals surface area contributed by atoms with Gasteiger partial charge in [0.1, 0.15) is 29.8 Å². The molecule has 39 heavy (non-hydrogen) atoms. The van der Waals surface area contributed by atoms with Crippen LogP contribution in [0.3, 0.4) is 0 Å². The van der Waals surface area contributed by atoms with Crippen LogP contribution in [0.15, 0.2) is 66.7 Å². The Balaban J connectivity index is 0.000000532. The second-order valence-corrected chi connectivity index (χ2v) is 8.26. The number of fused-ring (bicyclic) bond motifs is 1. The van der Waals surface area contributed by atoms with E-state index in [-0.39, 0.29) is 12.1 Å². The molecule has 0 bridgehead atoms. The minimum Gasteiger partial charge on any atom is -0.492 e. The monoisotopic (exact) mass is 549 g/mol. The molecule has 0 aliphatic heterocycles. The van der Waals surface area contributed by atoms with Crippen molar-refractivity contribution in [2.24, 2.45) is 0 Å². The average Bonchev–Trinajstić information content (AvgIpc) is 3.22. The molecule has 0 saturated heterocycles. The largest absolute Gasteiger partial charge is 0.492 e. The summed E-state index contributed by atoms with van der Waals surface area (Å²) in [7, 11) is 0. The number of hydrogen-bond acceptors (Lipinski definition) is 4. The van der Waals surface area contributed by atoms with E-state index in [0.717, 1.165) is 34.7 Å². The average molecular weight is 549 g/mol. The van der Waals surface area contributed by atoms with E-state index in [4.69, 9.17) is 14.6 Å². The molecular weight excluding hydrogens is 525 g/mol. The SMILES string of the molecule is Cc1ccc(OCCn2c(CCNC(=O)c3ccc(F)cc3F)nc3ccccc32)cc1.O=C(O)C(F)(F)F. The number of amides is 1. The third-order valence-electron chi connectivity index (χ3n) is 5.39. The first-order valence-corrected chi connectivity index (χ1v) is 11.6. The van der Waals surface area contributed by atoms with Crippen molar-refractivity contribution in [1.29, 1.82) is 0 Å². The number of rotatable bonds is 8. The number of alkyl halides is 3. The molecule has 3 aromatic carbocycles. The number of carbonyl (C=O) groups is 2. The van der Waals surface area contributed by atoms with Crippen LogP contribution in [0.25, 0.3) is 11.0 Å². The van der Waals surface area contributed by atoms with E-state index in [1.165, 1.54) is 5.56 Å². The zero-order chi connectivity index (χ0) is 28.6. The quantitative estimate of drug-likeness (QED) is 0.291. The Morgan fingerprint density at radius 1 is 1.03 bits per heavy atom. The number of carboxylic acid groups (broad SMARTS) is 1. The number of aliphatic carboxylic acids is 1. The smallest absolute Gasteiger partial charge is 0.490 e. The number of nitrogens with zero attached hydrogens (tertiary/aromatic N) is 2. The number of halogens is 5. The predicted octanol–water partition coefficient (Wildman–Crippen LogP) is 5.31. The Kier molecular flexibility index (Phi) is 9.58. The molecule has 1 aromatic heterocycles. The van der Waals surface area contributed by atoms with Gasteiger partial charge in [0, 0.05) is 19.0 Å². The van der Waals surface area contributed by atoms with E-state index in [9.17, 15) is 26.7 Å². The lowest BCUT2D eigenvalue weighted by molar-refractivity contribution is -0.192. The molecule has 4 rings (SSSR count). The van der Waals surface area contributed by atoms with Crippen molar-refractivity contribution in [3.05, 3.63) is 95.3 Å². The van der Waals surface area contributed by atoms with Crippen molar-refractivity contribution in [3.8, 4) is 5.75 Å². The van der Waals surface area contributed by atoms with Crippen molar-refractivity contribution >= 4 is 22.9 Å². The maximum atomic E-state index is 13.8. The number of aryl methyl sites for hydroxylation is 1. The first kappa shape index (κ1) is 29.1. The Bertz CT molecular complexity index is 1440. The zero-order valence-electron chi connectivity index (χ0n) is 20.6. The Morgan fingerprint density at radius 2 is 1.69 bits per heavy atom. The van der Waals surface area contributed by atoms with Crippen LogP contribution in [-0.2, 0) is 17.8 Å². The number of carbonyl (C=O) groups excluding carboxylic acids is 1. The highest BCUT2D eigenvalue weighted by molar-refractivity contribution is 5.94. The second-order valence-electron chi connectivity index (χ2n) is 8.26. The predicted molar refractivity (Wildman–Crippen MR) is 132 cm³/mol. The van der Waals surface area contributed by atoms with Crippen LogP contribution in [0.1, 0.15) is 21.7 Å². The third-order valence-corrected chi connectivity index (χ3v) is 5.39. The van der Waals surface area contributed by atoms with Crippen LogP contribution < -0.4 is 10.1 Å². The molecule has 7 nitrogen and oxygen atoms in total. The molecule has 0 saturated carbocycles. The molecule has 0 atom stereocenters. The van der Waals surface area contributed by atoms with Crippen molar-refractivity contribution in [1.82, 2.24) is 14.9 Å². The van der Waals surface area contributed by atoms with Crippen LogP contribution in [0.2, 0.25) is 0 Å². The topological polar surface area (TPSA) is 93.5 Å². The summed E-state index contributed by atoms with van der Waals surface area (Å²) in [5, 5.41) is 9.81. The van der Waals surface area contributed by atoms with Gasteiger partial charge in [0.05, 0.1) is 23.1 Å². The number of carboxylic acids is 1. The summed E-state index contributed by atoms with van der Waals surface area (Å²) >= 11 is 0. The fourth-order valence-corrected chi connectivity index (χ4v) is 3.51. The fourth-order valence-electron chi connectivity index (χ4n) is 3.51. The Hall–Kier alpha value is -4.48. The molecule has 0 aliphatic carbocycles. The minimum atomic E-state index is -5.08. The summed E-state index contributed by atoms with van der Waals surface area (Å²) in [5.41, 5.74) is 2.81. The second kappa shape index (κ2) is 12.9. The van der Waals surface area contributed by atoms with Gasteiger partial charge in [0.2, 0.25) is 0 Å². The number of hydrogen-bond donors (Lipinski definition) is 2. The minimum absolute atomic E-state index is 0.189. The number of nitrogens with one attached hydrogen (secondary N) is 1. The summed E-state index contributed by atoms with van der Waals surface area (Å²) in [6.45, 7) is 3.34. The molecule has 2 N–H and O–H groups in total. The Morgan fingerprint density at radius 3 is 2.33 bits per heavy atom. The Labute approximate surface area is 219 Å². The lowest BCUT2D eigenvalue weighted by Gasteiger charge is -2.12. The fraction of sp³-hybridized carbons (Fsp3) is 0.222. The van der Waals surface area contributed by atoms with E-state index < -0.39 is 29.7 Å². The van der Waals surface area contributed by atoms with Crippen molar-refractivity contribution < 1.29 is 41.4 Å². The number of para-hydroxylation sites is 2. The lowest BCUT2D eigenvalue weighted by atomic mass is 10.2. The van der Waals surface area contributed by atoms with Gasteiger partial charge >= 0.3 is 12.1 Å². The highest BCUT2D eigenvalue weighted by Gasteiger charge is 2.38. The zero-order valence-corrected chi connectivity index (χ0v) is 20.6. The molecule has 1 heterocycles. The van der Waals surface area contributed by atoms with Crippen LogP contribution in [0.5, 0.6) is 5.75 Å². The molecule has 1 amide bonds. The molecule has 0 spiro atoms. The van der Waals surface area contributed by atoms with Gasteiger partial charge in [-0.2, -0.15) is 13.2 Å². The van der Waals surface area contributed by atoms with Crippen LogP contribution in [-0.4, -0.2) is 45.9 Å². The number of benzene rings is 3. The molecule has 0 unspecified atom stereocenters. The molecule has 0 aliphatic rings. The van der Waals surface area contributed by atoms with Gasteiger partial charge in [-0.15, -0.1) is 0 Å². The van der Waals surface area contributed by atoms with Crippen LogP contribution in [0.4, 0.5) is 22.0 Å². The van der Waals surface area contributed by atoms with Gasteiger partial charge in [-0.1, -0.05) is 29.8 Å².